The van der Waals surface area contributed by atoms with E-state index in [1.807, 2.05) is 30.3 Å². The van der Waals surface area contributed by atoms with E-state index in [4.69, 9.17) is 14.6 Å². The van der Waals surface area contributed by atoms with E-state index in [2.05, 4.69) is 11.9 Å². The highest BCUT2D eigenvalue weighted by atomic mass is 16.5. The normalized spacial score (nSPS) is 11.5. The van der Waals surface area contributed by atoms with Gasteiger partial charge < -0.3 is 19.9 Å². The first-order valence-corrected chi connectivity index (χ1v) is 8.97. The molecular formula is C22H25NO5. The highest BCUT2D eigenvalue weighted by Gasteiger charge is 2.16. The average molecular weight is 383 g/mol. The Kier molecular flexibility index (Phi) is 8.24. The highest BCUT2D eigenvalue weighted by molar-refractivity contribution is 5.79. The van der Waals surface area contributed by atoms with E-state index in [0.29, 0.717) is 17.9 Å². The van der Waals surface area contributed by atoms with Crippen molar-refractivity contribution in [3.8, 4) is 5.75 Å². The van der Waals surface area contributed by atoms with Crippen molar-refractivity contribution in [3.63, 3.8) is 0 Å². The topological polar surface area (TPSA) is 84.9 Å². The first kappa shape index (κ1) is 21.2. The van der Waals surface area contributed by atoms with Crippen LogP contribution in [0.4, 0.5) is 0 Å². The average Bonchev–Trinajstić information content (AvgIpc) is 2.70. The molecule has 0 saturated carbocycles. The Morgan fingerprint density at radius 2 is 1.75 bits per heavy atom. The Labute approximate surface area is 164 Å². The SMILES string of the molecule is C=C(CCc1ccccc1)NC(=O)COc1ccc(C[C@H](OC)C(=O)O)cc1. The van der Waals surface area contributed by atoms with Gasteiger partial charge in [-0.25, -0.2) is 4.79 Å². The second-order valence-corrected chi connectivity index (χ2v) is 6.34. The van der Waals surface area contributed by atoms with Crippen LogP contribution in [0.25, 0.3) is 0 Å². The van der Waals surface area contributed by atoms with Crippen LogP contribution in [0, 0.1) is 0 Å². The fraction of sp³-hybridized carbons (Fsp3) is 0.273. The van der Waals surface area contributed by atoms with Crippen molar-refractivity contribution in [2.24, 2.45) is 0 Å². The molecule has 0 aromatic heterocycles. The number of rotatable bonds is 11. The molecule has 0 unspecified atom stereocenters. The second kappa shape index (κ2) is 10.9. The smallest absolute Gasteiger partial charge is 0.333 e. The number of nitrogens with one attached hydrogen (secondary N) is 1. The molecule has 148 valence electrons. The number of carbonyl (C=O) groups is 2. The molecular weight excluding hydrogens is 358 g/mol. The Morgan fingerprint density at radius 1 is 1.07 bits per heavy atom. The van der Waals surface area contributed by atoms with Crippen LogP contribution in [0.3, 0.4) is 0 Å². The van der Waals surface area contributed by atoms with Crippen LogP contribution in [0.5, 0.6) is 5.75 Å². The number of aryl methyl sites for hydroxylation is 1. The van der Waals surface area contributed by atoms with Gasteiger partial charge in [0.05, 0.1) is 0 Å². The van der Waals surface area contributed by atoms with Gasteiger partial charge in [-0.2, -0.15) is 0 Å². The third-order valence-corrected chi connectivity index (χ3v) is 4.15. The van der Waals surface area contributed by atoms with Crippen molar-refractivity contribution in [1.29, 1.82) is 0 Å². The van der Waals surface area contributed by atoms with Crippen molar-refractivity contribution in [2.45, 2.75) is 25.4 Å². The van der Waals surface area contributed by atoms with Crippen molar-refractivity contribution in [3.05, 3.63) is 78.0 Å². The van der Waals surface area contributed by atoms with Crippen LogP contribution in [0.1, 0.15) is 17.5 Å². The Bertz CT molecular complexity index is 786. The number of aliphatic carboxylic acids is 1. The van der Waals surface area contributed by atoms with Crippen LogP contribution in [-0.4, -0.2) is 36.8 Å². The summed E-state index contributed by atoms with van der Waals surface area (Å²) >= 11 is 0. The van der Waals surface area contributed by atoms with Crippen LogP contribution in [-0.2, 0) is 27.2 Å². The Balaban J connectivity index is 1.73. The lowest BCUT2D eigenvalue weighted by molar-refractivity contribution is -0.148. The molecule has 0 fully saturated rings. The number of carboxylic acids is 1. The minimum Gasteiger partial charge on any atom is -0.484 e. The van der Waals surface area contributed by atoms with Crippen molar-refractivity contribution in [2.75, 3.05) is 13.7 Å². The molecule has 0 bridgehead atoms. The molecule has 0 saturated heterocycles. The van der Waals surface area contributed by atoms with Crippen molar-refractivity contribution >= 4 is 11.9 Å². The Hall–Kier alpha value is -3.12. The molecule has 2 aromatic rings. The lowest BCUT2D eigenvalue weighted by Gasteiger charge is -2.12. The van der Waals surface area contributed by atoms with E-state index in [9.17, 15) is 9.59 Å². The fourth-order valence-corrected chi connectivity index (χ4v) is 2.59. The van der Waals surface area contributed by atoms with Gasteiger partial charge in [0.15, 0.2) is 12.7 Å². The van der Waals surface area contributed by atoms with E-state index in [0.717, 1.165) is 12.0 Å². The summed E-state index contributed by atoms with van der Waals surface area (Å²) in [5.41, 5.74) is 2.64. The second-order valence-electron chi connectivity index (χ2n) is 6.34. The maximum absolute atomic E-state index is 12.0. The number of ether oxygens (including phenoxy) is 2. The summed E-state index contributed by atoms with van der Waals surface area (Å²) in [5.74, 6) is -0.752. The third-order valence-electron chi connectivity index (χ3n) is 4.15. The van der Waals surface area contributed by atoms with Gasteiger partial charge in [0.2, 0.25) is 0 Å². The number of methoxy groups -OCH3 is 1. The molecule has 0 aliphatic rings. The zero-order valence-corrected chi connectivity index (χ0v) is 15.9. The monoisotopic (exact) mass is 383 g/mol. The van der Waals surface area contributed by atoms with Crippen LogP contribution < -0.4 is 10.1 Å². The number of carboxylic acid groups (broad SMARTS) is 1. The number of allylic oxidation sites excluding steroid dienone is 1. The maximum atomic E-state index is 12.0. The predicted octanol–water partition coefficient (Wildman–Crippen LogP) is 2.97. The summed E-state index contributed by atoms with van der Waals surface area (Å²) in [6.07, 6.45) is 0.836. The fourth-order valence-electron chi connectivity index (χ4n) is 2.59. The third kappa shape index (κ3) is 7.25. The number of amides is 1. The van der Waals surface area contributed by atoms with E-state index in [1.54, 1.807) is 24.3 Å². The predicted molar refractivity (Wildman–Crippen MR) is 106 cm³/mol. The molecule has 28 heavy (non-hydrogen) atoms. The lowest BCUT2D eigenvalue weighted by atomic mass is 10.1. The summed E-state index contributed by atoms with van der Waals surface area (Å²) in [6, 6.07) is 16.9. The molecule has 1 amide bonds. The van der Waals surface area contributed by atoms with Gasteiger partial charge in [0.25, 0.3) is 5.91 Å². The summed E-state index contributed by atoms with van der Waals surface area (Å²) in [6.45, 7) is 3.75. The van der Waals surface area contributed by atoms with E-state index < -0.39 is 12.1 Å². The number of benzene rings is 2. The molecule has 0 aliphatic carbocycles. The van der Waals surface area contributed by atoms with E-state index in [-0.39, 0.29) is 18.9 Å². The van der Waals surface area contributed by atoms with Crippen molar-refractivity contribution in [1.82, 2.24) is 5.32 Å². The molecule has 2 N–H and O–H groups in total. The van der Waals surface area contributed by atoms with Gasteiger partial charge in [0.1, 0.15) is 5.75 Å². The van der Waals surface area contributed by atoms with Gasteiger partial charge in [-0.1, -0.05) is 49.0 Å². The highest BCUT2D eigenvalue weighted by Crippen LogP contribution is 2.14. The Morgan fingerprint density at radius 3 is 2.36 bits per heavy atom. The molecule has 0 radical (unpaired) electrons. The molecule has 0 aliphatic heterocycles. The largest absolute Gasteiger partial charge is 0.484 e. The molecule has 2 rings (SSSR count). The number of carbonyl (C=O) groups excluding carboxylic acids is 1. The molecule has 1 atom stereocenters. The summed E-state index contributed by atoms with van der Waals surface area (Å²) < 4.78 is 10.4. The molecule has 0 spiro atoms. The lowest BCUT2D eigenvalue weighted by Crippen LogP contribution is -2.28. The van der Waals surface area contributed by atoms with Gasteiger partial charge in [-0.3, -0.25) is 4.79 Å². The van der Waals surface area contributed by atoms with Gasteiger partial charge in [-0.05, 0) is 36.1 Å². The van der Waals surface area contributed by atoms with Gasteiger partial charge in [-0.15, -0.1) is 0 Å². The van der Waals surface area contributed by atoms with E-state index in [1.165, 1.54) is 12.7 Å². The standard InChI is InChI=1S/C22H25NO5/c1-16(8-9-17-6-4-3-5-7-17)23-21(24)15-28-19-12-10-18(11-13-19)14-20(27-2)22(25)26/h3-7,10-13,20H,1,8-9,14-15H2,2H3,(H,23,24)(H,25,26)/t20-/m0/s1. The number of hydrogen-bond acceptors (Lipinski definition) is 4. The molecule has 2 aromatic carbocycles. The molecule has 6 nitrogen and oxygen atoms in total. The van der Waals surface area contributed by atoms with Crippen LogP contribution in [0.2, 0.25) is 0 Å². The maximum Gasteiger partial charge on any atom is 0.333 e. The summed E-state index contributed by atoms with van der Waals surface area (Å²) in [7, 11) is 1.36. The minimum atomic E-state index is -1.01. The molecule has 6 heteroatoms. The summed E-state index contributed by atoms with van der Waals surface area (Å²) in [4.78, 5) is 23.0. The first-order valence-electron chi connectivity index (χ1n) is 8.97. The zero-order chi connectivity index (χ0) is 20.4. The molecule has 0 heterocycles. The van der Waals surface area contributed by atoms with Crippen LogP contribution in [0.15, 0.2) is 66.9 Å². The first-order chi connectivity index (χ1) is 13.5. The number of hydrogen-bond donors (Lipinski definition) is 2. The minimum absolute atomic E-state index is 0.125. The van der Waals surface area contributed by atoms with Gasteiger partial charge >= 0.3 is 5.97 Å². The van der Waals surface area contributed by atoms with Crippen molar-refractivity contribution < 1.29 is 24.2 Å². The quantitative estimate of drug-likeness (QED) is 0.623. The zero-order valence-electron chi connectivity index (χ0n) is 15.9. The summed E-state index contributed by atoms with van der Waals surface area (Å²) in [5, 5.41) is 11.7. The van der Waals surface area contributed by atoms with Crippen LogP contribution >= 0.6 is 0 Å². The van der Waals surface area contributed by atoms with E-state index >= 15 is 0 Å². The van der Waals surface area contributed by atoms with Gasteiger partial charge in [0, 0.05) is 19.2 Å².